The molecule has 0 aromatic carbocycles. The molecule has 3 aromatic rings. The number of hydrogen-bond acceptors (Lipinski definition) is 11. The molecular formula is C33H39F2N5O7. The molecule has 0 spiro atoms. The van der Waals surface area contributed by atoms with Crippen LogP contribution in [0.5, 0.6) is 0 Å². The van der Waals surface area contributed by atoms with Gasteiger partial charge in [0.05, 0.1) is 23.7 Å². The maximum absolute atomic E-state index is 13.1. The van der Waals surface area contributed by atoms with Crippen molar-refractivity contribution in [3.63, 3.8) is 0 Å². The third-order valence-corrected chi connectivity index (χ3v) is 8.11. The van der Waals surface area contributed by atoms with E-state index in [1.54, 1.807) is 39.3 Å². The van der Waals surface area contributed by atoms with Crippen molar-refractivity contribution in [2.75, 3.05) is 32.8 Å². The van der Waals surface area contributed by atoms with E-state index >= 15 is 0 Å². The highest BCUT2D eigenvalue weighted by Gasteiger charge is 2.39. The van der Waals surface area contributed by atoms with Crippen molar-refractivity contribution in [3.05, 3.63) is 65.6 Å². The lowest BCUT2D eigenvalue weighted by Gasteiger charge is -2.37. The highest BCUT2D eigenvalue weighted by atomic mass is 19.3. The lowest BCUT2D eigenvalue weighted by atomic mass is 9.73. The maximum Gasteiger partial charge on any atom is 0.511 e. The largest absolute Gasteiger partial charge is 0.511 e. The van der Waals surface area contributed by atoms with Crippen LogP contribution in [0.2, 0.25) is 0 Å². The van der Waals surface area contributed by atoms with Crippen LogP contribution in [-0.2, 0) is 29.4 Å². The third kappa shape index (κ3) is 9.64. The number of carbonyl (C=O) groups excluding carboxylic acids is 3. The Morgan fingerprint density at radius 2 is 1.77 bits per heavy atom. The Hall–Kier alpha value is -4.72. The van der Waals surface area contributed by atoms with Gasteiger partial charge in [-0.15, -0.1) is 0 Å². The summed E-state index contributed by atoms with van der Waals surface area (Å²) < 4.78 is 40.8. The van der Waals surface area contributed by atoms with E-state index in [4.69, 9.17) is 14.2 Å². The van der Waals surface area contributed by atoms with Crippen LogP contribution in [0.4, 0.5) is 25.2 Å². The summed E-state index contributed by atoms with van der Waals surface area (Å²) in [5, 5.41) is 14.5. The second-order valence-electron chi connectivity index (χ2n) is 11.8. The fourth-order valence-corrected chi connectivity index (χ4v) is 5.35. The third-order valence-electron chi connectivity index (χ3n) is 8.11. The Kier molecular flexibility index (Phi) is 11.8. The van der Waals surface area contributed by atoms with Crippen LogP contribution in [0.3, 0.4) is 0 Å². The Bertz CT molecular complexity index is 1540. The second-order valence-corrected chi connectivity index (χ2v) is 11.8. The summed E-state index contributed by atoms with van der Waals surface area (Å²) in [6, 6.07) is 9.73. The van der Waals surface area contributed by atoms with E-state index in [9.17, 15) is 28.3 Å². The normalized spacial score (nSPS) is 17.4. The number of aliphatic hydroxyl groups is 1. The van der Waals surface area contributed by atoms with Crippen LogP contribution in [0, 0.1) is 18.8 Å². The van der Waals surface area contributed by atoms with Gasteiger partial charge in [-0.1, -0.05) is 0 Å². The molecular weight excluding hydrogens is 616 g/mol. The number of rotatable bonds is 12. The van der Waals surface area contributed by atoms with Crippen molar-refractivity contribution >= 4 is 29.7 Å². The highest BCUT2D eigenvalue weighted by molar-refractivity contribution is 5.76. The van der Waals surface area contributed by atoms with Crippen molar-refractivity contribution in [3.8, 4) is 11.3 Å². The number of amides is 1. The lowest BCUT2D eigenvalue weighted by molar-refractivity contribution is -0.160. The Morgan fingerprint density at radius 3 is 2.43 bits per heavy atom. The number of aryl methyl sites for hydroxylation is 1. The minimum absolute atomic E-state index is 0.0137. The standard InChI is InChI=1S/C33H39F2N5O7/c1-20-15-25(38-28(16-20)39-27-17-22(30(34)35)11-13-36-27)23-7-10-26(37-18-23)33(2,44)24-8-5-21(6-9-24)31(42)46-19-47-32(43)45-14-12-29(41)40(3)4/h7,10-11,13,15-18,21,24,30,44H,5-6,8-9,12,14,19H2,1-4H3,(H,36,38,39)/t21-,24-,33-/m1/s1. The molecule has 4 rings (SSSR count). The molecule has 0 aliphatic heterocycles. The van der Waals surface area contributed by atoms with Gasteiger partial charge in [0.2, 0.25) is 12.7 Å². The zero-order valence-corrected chi connectivity index (χ0v) is 26.7. The number of halogens is 2. The molecule has 3 aromatic heterocycles. The molecule has 252 valence electrons. The van der Waals surface area contributed by atoms with Crippen molar-refractivity contribution in [1.82, 2.24) is 19.9 Å². The van der Waals surface area contributed by atoms with E-state index < -0.39 is 36.9 Å². The number of alkyl halides is 2. The van der Waals surface area contributed by atoms with Crippen LogP contribution in [0.25, 0.3) is 11.3 Å². The van der Waals surface area contributed by atoms with Crippen molar-refractivity contribution in [2.45, 2.75) is 58.0 Å². The number of aromatic nitrogens is 3. The summed E-state index contributed by atoms with van der Waals surface area (Å²) in [5.74, 6) is -0.585. The Labute approximate surface area is 271 Å². The van der Waals surface area contributed by atoms with Crippen LogP contribution in [-0.4, -0.2) is 70.5 Å². The van der Waals surface area contributed by atoms with Crippen molar-refractivity contribution in [1.29, 1.82) is 0 Å². The fraction of sp³-hybridized carbons (Fsp3) is 0.455. The van der Waals surface area contributed by atoms with E-state index in [2.05, 4.69) is 20.3 Å². The SMILES string of the molecule is Cc1cc(Nc2cc(C(F)F)ccn2)nc(-c2ccc([C@](C)(O)[C@H]3CC[C@H](C(=O)OCOC(=O)OCCC(=O)N(C)C)CC3)nc2)c1. The number of nitrogens with one attached hydrogen (secondary N) is 1. The summed E-state index contributed by atoms with van der Waals surface area (Å²) >= 11 is 0. The van der Waals surface area contributed by atoms with E-state index in [1.807, 2.05) is 19.1 Å². The topological polar surface area (TPSA) is 153 Å². The smallest absolute Gasteiger partial charge is 0.434 e. The first-order chi connectivity index (χ1) is 22.3. The van der Waals surface area contributed by atoms with Gasteiger partial charge in [-0.05, 0) is 87.4 Å². The summed E-state index contributed by atoms with van der Waals surface area (Å²) in [5.41, 5.74) is 1.26. The minimum Gasteiger partial charge on any atom is -0.434 e. The van der Waals surface area contributed by atoms with Gasteiger partial charge in [0, 0.05) is 37.6 Å². The molecule has 14 heteroatoms. The van der Waals surface area contributed by atoms with Crippen LogP contribution in [0.1, 0.15) is 62.3 Å². The summed E-state index contributed by atoms with van der Waals surface area (Å²) in [6.45, 7) is 2.85. The molecule has 1 aliphatic carbocycles. The monoisotopic (exact) mass is 655 g/mol. The molecule has 1 amide bonds. The van der Waals surface area contributed by atoms with Crippen LogP contribution >= 0.6 is 0 Å². The minimum atomic E-state index is -2.61. The van der Waals surface area contributed by atoms with E-state index in [0.717, 1.165) is 5.56 Å². The second kappa shape index (κ2) is 15.7. The number of ether oxygens (including phenoxy) is 3. The van der Waals surface area contributed by atoms with Gasteiger partial charge >= 0.3 is 12.1 Å². The first kappa shape index (κ1) is 35.1. The number of nitrogens with zero attached hydrogens (tertiary/aromatic N) is 4. The number of anilines is 2. The molecule has 0 saturated heterocycles. The molecule has 1 fully saturated rings. The Balaban J connectivity index is 1.28. The number of pyridine rings is 3. The predicted molar refractivity (Wildman–Crippen MR) is 166 cm³/mol. The predicted octanol–water partition coefficient (Wildman–Crippen LogP) is 5.67. The van der Waals surface area contributed by atoms with E-state index in [1.165, 1.54) is 23.2 Å². The molecule has 0 radical (unpaired) electrons. The molecule has 47 heavy (non-hydrogen) atoms. The number of esters is 1. The molecule has 3 heterocycles. The van der Waals surface area contributed by atoms with E-state index in [0.29, 0.717) is 48.5 Å². The van der Waals surface area contributed by atoms with Gasteiger partial charge in [0.25, 0.3) is 6.43 Å². The van der Waals surface area contributed by atoms with Crippen LogP contribution in [0.15, 0.2) is 48.8 Å². The molecule has 0 bridgehead atoms. The maximum atomic E-state index is 13.1. The van der Waals surface area contributed by atoms with Gasteiger partial charge in [0.1, 0.15) is 23.8 Å². The molecule has 2 N–H and O–H groups in total. The van der Waals surface area contributed by atoms with Gasteiger partial charge in [0.15, 0.2) is 0 Å². The molecule has 1 saturated carbocycles. The number of carbonyl (C=O) groups is 3. The highest BCUT2D eigenvalue weighted by Crippen LogP contribution is 2.41. The van der Waals surface area contributed by atoms with Gasteiger partial charge in [-0.3, -0.25) is 14.6 Å². The molecule has 1 atom stereocenters. The fourth-order valence-electron chi connectivity index (χ4n) is 5.35. The van der Waals surface area contributed by atoms with Crippen molar-refractivity contribution < 1.29 is 42.5 Å². The number of hydrogen-bond donors (Lipinski definition) is 2. The molecule has 1 aliphatic rings. The summed E-state index contributed by atoms with van der Waals surface area (Å²) in [7, 11) is 3.18. The van der Waals surface area contributed by atoms with E-state index in [-0.39, 0.29) is 36.2 Å². The van der Waals surface area contributed by atoms with Gasteiger partial charge in [-0.25, -0.2) is 23.5 Å². The average molecular weight is 656 g/mol. The first-order valence-corrected chi connectivity index (χ1v) is 15.2. The lowest BCUT2D eigenvalue weighted by Crippen LogP contribution is -2.37. The molecule has 0 unspecified atom stereocenters. The van der Waals surface area contributed by atoms with Gasteiger partial charge in [-0.2, -0.15) is 0 Å². The summed E-state index contributed by atoms with van der Waals surface area (Å²) in [4.78, 5) is 50.3. The average Bonchev–Trinajstić information content (AvgIpc) is 3.04. The first-order valence-electron chi connectivity index (χ1n) is 15.2. The zero-order valence-electron chi connectivity index (χ0n) is 26.7. The zero-order chi connectivity index (χ0) is 34.1. The summed E-state index contributed by atoms with van der Waals surface area (Å²) in [6.07, 6.45) is 1.36. The van der Waals surface area contributed by atoms with Crippen molar-refractivity contribution in [2.24, 2.45) is 11.8 Å². The van der Waals surface area contributed by atoms with Gasteiger partial charge < -0.3 is 29.5 Å². The molecule has 12 nitrogen and oxygen atoms in total. The van der Waals surface area contributed by atoms with Crippen LogP contribution < -0.4 is 5.32 Å². The quantitative estimate of drug-likeness (QED) is 0.183. The Morgan fingerprint density at radius 1 is 1.02 bits per heavy atom.